The molecule has 270 valence electrons. The summed E-state index contributed by atoms with van der Waals surface area (Å²) in [4.78, 5) is 21.4. The van der Waals surface area contributed by atoms with E-state index in [1.807, 2.05) is 0 Å². The number of carbonyl (C=O) groups is 2. The van der Waals surface area contributed by atoms with E-state index < -0.39 is 0 Å². The van der Waals surface area contributed by atoms with Gasteiger partial charge >= 0.3 is 0 Å². The minimum atomic E-state index is -0.163. The Morgan fingerprint density at radius 1 is 0.261 bits per heavy atom. The van der Waals surface area contributed by atoms with Crippen molar-refractivity contribution in [1.82, 2.24) is 0 Å². The van der Waals surface area contributed by atoms with Crippen molar-refractivity contribution in [3.8, 4) is 0 Å². The molecule has 0 saturated carbocycles. The van der Waals surface area contributed by atoms with Crippen molar-refractivity contribution >= 4 is 11.8 Å². The van der Waals surface area contributed by atoms with Crippen molar-refractivity contribution in [3.63, 3.8) is 0 Å². The Bertz CT molecular complexity index is 629. The van der Waals surface area contributed by atoms with Crippen molar-refractivity contribution in [2.75, 3.05) is 0 Å². The molecule has 0 aliphatic heterocycles. The number of primary amides is 2. The lowest BCUT2D eigenvalue weighted by Gasteiger charge is -2.04. The molecule has 4 N–H and O–H groups in total. The maximum absolute atomic E-state index is 10.7. The Morgan fingerprint density at radius 3 is 0.587 bits per heavy atom. The van der Waals surface area contributed by atoms with Gasteiger partial charge in [0, 0.05) is 12.8 Å². The zero-order chi connectivity index (χ0) is 33.4. The fourth-order valence-corrected chi connectivity index (χ4v) is 6.36. The first kappa shape index (κ1) is 44.4. The summed E-state index contributed by atoms with van der Waals surface area (Å²) < 4.78 is 0. The van der Waals surface area contributed by atoms with Gasteiger partial charge in [0.2, 0.25) is 11.8 Å². The van der Waals surface area contributed by atoms with Crippen LogP contribution >= 0.6 is 0 Å². The highest BCUT2D eigenvalue weighted by Crippen LogP contribution is 2.16. The van der Waals surface area contributed by atoms with Crippen molar-refractivity contribution in [3.05, 3.63) is 24.3 Å². The normalized spacial score (nSPS) is 11.7. The van der Waals surface area contributed by atoms with E-state index >= 15 is 0 Å². The molecule has 0 atom stereocenters. The number of rotatable bonds is 39. The lowest BCUT2D eigenvalue weighted by Crippen LogP contribution is -2.09. The van der Waals surface area contributed by atoms with Crippen LogP contribution in [0.15, 0.2) is 24.3 Å². The predicted molar refractivity (Wildman–Crippen MR) is 203 cm³/mol. The first-order valence-electron chi connectivity index (χ1n) is 20.5. The number of hydrogen-bond acceptors (Lipinski definition) is 2. The summed E-state index contributed by atoms with van der Waals surface area (Å²) in [6.07, 6.45) is 55.9. The van der Waals surface area contributed by atoms with E-state index in [4.69, 9.17) is 11.5 Å². The smallest absolute Gasteiger partial charge is 0.217 e. The molecule has 0 saturated heterocycles. The average molecular weight is 645 g/mol. The summed E-state index contributed by atoms with van der Waals surface area (Å²) >= 11 is 0. The topological polar surface area (TPSA) is 86.2 Å². The van der Waals surface area contributed by atoms with E-state index in [1.165, 1.54) is 193 Å². The van der Waals surface area contributed by atoms with Gasteiger partial charge in [-0.1, -0.05) is 178 Å². The first-order chi connectivity index (χ1) is 22.6. The molecule has 0 aromatic heterocycles. The zero-order valence-electron chi connectivity index (χ0n) is 30.7. The molecule has 0 aromatic carbocycles. The lowest BCUT2D eigenvalue weighted by atomic mass is 10.0. The van der Waals surface area contributed by atoms with Gasteiger partial charge in [0.05, 0.1) is 0 Å². The summed E-state index contributed by atoms with van der Waals surface area (Å²) in [7, 11) is 0. The maximum Gasteiger partial charge on any atom is 0.217 e. The molecule has 0 rings (SSSR count). The molecule has 2 amide bonds. The van der Waals surface area contributed by atoms with Crippen molar-refractivity contribution in [2.24, 2.45) is 11.5 Å². The van der Waals surface area contributed by atoms with Crippen LogP contribution in [0.5, 0.6) is 0 Å². The molecule has 4 heteroatoms. The highest BCUT2D eigenvalue weighted by molar-refractivity contribution is 5.73. The number of hydrogen-bond donors (Lipinski definition) is 2. The van der Waals surface area contributed by atoms with Gasteiger partial charge in [-0.15, -0.1) is 0 Å². The Labute approximate surface area is 287 Å². The summed E-state index contributed by atoms with van der Waals surface area (Å²) in [6.45, 7) is 0. The van der Waals surface area contributed by atoms with Gasteiger partial charge in [0.15, 0.2) is 0 Å². The third-order valence-electron chi connectivity index (χ3n) is 9.41. The molecule has 0 aromatic rings. The molecule has 0 bridgehead atoms. The second-order valence-corrected chi connectivity index (χ2v) is 14.1. The molecule has 0 aliphatic rings. The monoisotopic (exact) mass is 645 g/mol. The van der Waals surface area contributed by atoms with E-state index in [1.54, 1.807) is 0 Å². The molecule has 0 spiro atoms. The van der Waals surface area contributed by atoms with Gasteiger partial charge in [0.25, 0.3) is 0 Å². The summed E-state index contributed by atoms with van der Waals surface area (Å²) in [5.74, 6) is -0.325. The largest absolute Gasteiger partial charge is 0.370 e. The van der Waals surface area contributed by atoms with Crippen LogP contribution in [0.25, 0.3) is 0 Å². The van der Waals surface area contributed by atoms with Crippen LogP contribution in [-0.4, -0.2) is 11.8 Å². The highest BCUT2D eigenvalue weighted by atomic mass is 16.1. The standard InChI is InChI=1S/C42H80N2O2/c43-41(45)39-37-35-33-31-29-27-25-23-21-19-17-15-13-11-9-7-5-3-1-2-4-6-8-10-12-14-16-18-20-22-24-26-28-30-32-34-36-38-40-42(44)46/h23-26H,1-22,27-40H2,(H2,43,45)(H2,44,46). The fraction of sp³-hybridized carbons (Fsp3) is 0.857. The molecule has 0 fully saturated rings. The highest BCUT2D eigenvalue weighted by Gasteiger charge is 1.97. The average Bonchev–Trinajstić information content (AvgIpc) is 3.03. The van der Waals surface area contributed by atoms with Crippen LogP contribution in [0.2, 0.25) is 0 Å². The van der Waals surface area contributed by atoms with Gasteiger partial charge in [-0.2, -0.15) is 0 Å². The Kier molecular flexibility index (Phi) is 38.2. The van der Waals surface area contributed by atoms with E-state index in [-0.39, 0.29) is 11.8 Å². The van der Waals surface area contributed by atoms with Crippen molar-refractivity contribution in [2.45, 2.75) is 231 Å². The second kappa shape index (κ2) is 39.6. The minimum Gasteiger partial charge on any atom is -0.370 e. The van der Waals surface area contributed by atoms with Crippen LogP contribution in [0.4, 0.5) is 0 Å². The SMILES string of the molecule is NC(=O)CCCCCCCC=CCCCCCCCCCCCCCCCCCCCCCCC=CCCCCCCCC(N)=O. The summed E-state index contributed by atoms with van der Waals surface area (Å²) in [5.41, 5.74) is 10.3. The Balaban J connectivity index is 3.12. The van der Waals surface area contributed by atoms with Crippen LogP contribution in [-0.2, 0) is 9.59 Å². The van der Waals surface area contributed by atoms with Gasteiger partial charge in [0.1, 0.15) is 0 Å². The van der Waals surface area contributed by atoms with Crippen LogP contribution < -0.4 is 11.5 Å². The molecule has 0 radical (unpaired) electrons. The molecule has 0 heterocycles. The maximum atomic E-state index is 10.7. The molecule has 46 heavy (non-hydrogen) atoms. The molecular weight excluding hydrogens is 564 g/mol. The molecule has 0 unspecified atom stereocenters. The van der Waals surface area contributed by atoms with E-state index in [2.05, 4.69) is 24.3 Å². The predicted octanol–water partition coefficient (Wildman–Crippen LogP) is 13.1. The molecule has 0 aliphatic carbocycles. The van der Waals surface area contributed by atoms with Crippen molar-refractivity contribution < 1.29 is 9.59 Å². The van der Waals surface area contributed by atoms with Crippen LogP contribution in [0.3, 0.4) is 0 Å². The lowest BCUT2D eigenvalue weighted by molar-refractivity contribution is -0.119. The quantitative estimate of drug-likeness (QED) is 0.0515. The first-order valence-corrected chi connectivity index (χ1v) is 20.5. The van der Waals surface area contributed by atoms with Crippen molar-refractivity contribution in [1.29, 1.82) is 0 Å². The third-order valence-corrected chi connectivity index (χ3v) is 9.41. The number of allylic oxidation sites excluding steroid dienone is 4. The van der Waals surface area contributed by atoms with Gasteiger partial charge in [-0.05, 0) is 64.2 Å². The number of nitrogens with two attached hydrogens (primary N) is 2. The number of amides is 2. The number of carbonyl (C=O) groups excluding carboxylic acids is 2. The second-order valence-electron chi connectivity index (χ2n) is 14.1. The van der Waals surface area contributed by atoms with E-state index in [0.29, 0.717) is 12.8 Å². The zero-order valence-corrected chi connectivity index (χ0v) is 30.7. The van der Waals surface area contributed by atoms with E-state index in [9.17, 15) is 9.59 Å². The Morgan fingerprint density at radius 2 is 0.413 bits per heavy atom. The Hall–Kier alpha value is -1.58. The summed E-state index contributed by atoms with van der Waals surface area (Å²) in [6, 6.07) is 0. The van der Waals surface area contributed by atoms with Crippen LogP contribution in [0.1, 0.15) is 231 Å². The van der Waals surface area contributed by atoms with Gasteiger partial charge in [-0.25, -0.2) is 0 Å². The van der Waals surface area contributed by atoms with Crippen LogP contribution in [0, 0.1) is 0 Å². The third kappa shape index (κ3) is 42.4. The fourth-order valence-electron chi connectivity index (χ4n) is 6.36. The minimum absolute atomic E-state index is 0.163. The number of unbranched alkanes of at least 4 members (excludes halogenated alkanes) is 31. The van der Waals surface area contributed by atoms with E-state index in [0.717, 1.165) is 25.7 Å². The molecular formula is C42H80N2O2. The van der Waals surface area contributed by atoms with Gasteiger partial charge in [-0.3, -0.25) is 9.59 Å². The molecule has 4 nitrogen and oxygen atoms in total. The summed E-state index contributed by atoms with van der Waals surface area (Å²) in [5, 5.41) is 0. The van der Waals surface area contributed by atoms with Gasteiger partial charge < -0.3 is 11.5 Å².